The molecule has 1 aliphatic heterocycles. The molecule has 0 spiro atoms. The van der Waals surface area contributed by atoms with Gasteiger partial charge in [0, 0.05) is 56.2 Å². The summed E-state index contributed by atoms with van der Waals surface area (Å²) >= 11 is 1.29. The molecule has 3 heterocycles. The Balaban J connectivity index is 1.87. The zero-order valence-electron chi connectivity index (χ0n) is 18.1. The lowest BCUT2D eigenvalue weighted by Gasteiger charge is -2.39. The maximum atomic E-state index is 11.8. The third kappa shape index (κ3) is 6.19. The number of ether oxygens (including phenoxy) is 4. The Hall–Kier alpha value is -3.14. The summed E-state index contributed by atoms with van der Waals surface area (Å²) in [7, 11) is 0. The second-order valence-electron chi connectivity index (χ2n) is 7.28. The van der Waals surface area contributed by atoms with Crippen molar-refractivity contribution in [1.82, 2.24) is 9.97 Å². The number of rotatable bonds is 6. The second-order valence-corrected chi connectivity index (χ2v) is 8.41. The summed E-state index contributed by atoms with van der Waals surface area (Å²) in [5.41, 5.74) is 1.97. The fraction of sp³-hybridized carbons (Fsp3) is 0.409. The van der Waals surface area contributed by atoms with Gasteiger partial charge in [-0.05, 0) is 24.6 Å². The van der Waals surface area contributed by atoms with E-state index in [-0.39, 0.29) is 5.75 Å². The number of nitrogens with zero attached hydrogens (tertiary/aromatic N) is 2. The molecule has 0 aliphatic carbocycles. The third-order valence-corrected chi connectivity index (χ3v) is 5.69. The summed E-state index contributed by atoms with van der Waals surface area (Å²) in [4.78, 5) is 43.4. The summed E-state index contributed by atoms with van der Waals surface area (Å²) in [6.45, 7) is 5.68. The molecule has 0 aromatic carbocycles. The zero-order chi connectivity index (χ0) is 23.3. The quantitative estimate of drug-likeness (QED) is 0.471. The van der Waals surface area contributed by atoms with Crippen molar-refractivity contribution in [1.29, 1.82) is 0 Å². The Bertz CT molecular complexity index is 1000. The first-order chi connectivity index (χ1) is 15.2. The van der Waals surface area contributed by atoms with Gasteiger partial charge < -0.3 is 18.9 Å². The minimum Gasteiger partial charge on any atom is -0.474 e. The number of aromatic nitrogens is 2. The summed E-state index contributed by atoms with van der Waals surface area (Å²) < 4.78 is 22.2. The number of pyridine rings is 2. The van der Waals surface area contributed by atoms with Crippen LogP contribution in [0.15, 0.2) is 36.9 Å². The van der Waals surface area contributed by atoms with Gasteiger partial charge in [0.15, 0.2) is 23.7 Å². The summed E-state index contributed by atoms with van der Waals surface area (Å²) in [5.74, 6) is -0.980. The van der Waals surface area contributed by atoms with Crippen molar-refractivity contribution in [3.05, 3.63) is 42.5 Å². The highest BCUT2D eigenvalue weighted by molar-refractivity contribution is 7.99. The highest BCUT2D eigenvalue weighted by Gasteiger charge is 2.47. The number of hydrogen-bond donors (Lipinski definition) is 0. The first kappa shape index (κ1) is 23.5. The molecule has 170 valence electrons. The van der Waals surface area contributed by atoms with Crippen LogP contribution in [0.1, 0.15) is 26.3 Å². The largest absolute Gasteiger partial charge is 0.474 e. The number of esters is 3. The Kier molecular flexibility index (Phi) is 7.68. The number of thioether (sulfide) groups is 1. The topological polar surface area (TPSA) is 114 Å². The monoisotopic (exact) mass is 460 g/mol. The van der Waals surface area contributed by atoms with Crippen LogP contribution in [0.2, 0.25) is 0 Å². The van der Waals surface area contributed by atoms with Crippen molar-refractivity contribution < 1.29 is 33.3 Å². The van der Waals surface area contributed by atoms with Gasteiger partial charge in [-0.1, -0.05) is 0 Å². The lowest BCUT2D eigenvalue weighted by molar-refractivity contribution is -0.186. The molecule has 1 aliphatic rings. The van der Waals surface area contributed by atoms with E-state index < -0.39 is 41.7 Å². The predicted molar refractivity (Wildman–Crippen MR) is 116 cm³/mol. The van der Waals surface area contributed by atoms with Crippen LogP contribution >= 0.6 is 11.8 Å². The van der Waals surface area contributed by atoms with Crippen molar-refractivity contribution in [2.75, 3.05) is 5.75 Å². The predicted octanol–water partition coefficient (Wildman–Crippen LogP) is 2.70. The van der Waals surface area contributed by atoms with Crippen molar-refractivity contribution in [3.63, 3.8) is 0 Å². The molecule has 0 radical (unpaired) electrons. The van der Waals surface area contributed by atoms with Crippen LogP contribution in [0.4, 0.5) is 0 Å². The van der Waals surface area contributed by atoms with Crippen LogP contribution in [0, 0.1) is 6.92 Å². The molecule has 0 unspecified atom stereocenters. The Labute approximate surface area is 189 Å². The fourth-order valence-corrected chi connectivity index (χ4v) is 4.51. The third-order valence-electron chi connectivity index (χ3n) is 4.48. The van der Waals surface area contributed by atoms with E-state index in [0.29, 0.717) is 5.75 Å². The molecule has 9 nitrogen and oxygen atoms in total. The van der Waals surface area contributed by atoms with Crippen molar-refractivity contribution in [3.8, 4) is 16.9 Å². The molecule has 10 heteroatoms. The lowest BCUT2D eigenvalue weighted by atomic mass is 10.1. The van der Waals surface area contributed by atoms with Gasteiger partial charge in [-0.3, -0.25) is 24.4 Å². The Morgan fingerprint density at radius 1 is 0.844 bits per heavy atom. The van der Waals surface area contributed by atoms with Gasteiger partial charge in [0.25, 0.3) is 0 Å². The van der Waals surface area contributed by atoms with Crippen molar-refractivity contribution in [2.45, 2.75) is 51.4 Å². The van der Waals surface area contributed by atoms with E-state index in [9.17, 15) is 14.4 Å². The van der Waals surface area contributed by atoms with Crippen LogP contribution in [0.5, 0.6) is 5.75 Å². The van der Waals surface area contributed by atoms with Crippen molar-refractivity contribution >= 4 is 29.7 Å². The van der Waals surface area contributed by atoms with Crippen LogP contribution in [-0.2, 0) is 28.6 Å². The minimum absolute atomic E-state index is 0.287. The average molecular weight is 461 g/mol. The number of carbonyl (C=O) groups is 3. The van der Waals surface area contributed by atoms with E-state index in [1.54, 1.807) is 24.7 Å². The van der Waals surface area contributed by atoms with Crippen LogP contribution < -0.4 is 4.74 Å². The average Bonchev–Trinajstić information content (AvgIpc) is 2.71. The molecule has 32 heavy (non-hydrogen) atoms. The van der Waals surface area contributed by atoms with E-state index >= 15 is 0 Å². The molecule has 4 atom stereocenters. The number of hydrogen-bond acceptors (Lipinski definition) is 10. The van der Waals surface area contributed by atoms with Crippen LogP contribution in [0.3, 0.4) is 0 Å². The molecule has 2 aromatic rings. The van der Waals surface area contributed by atoms with E-state index in [4.69, 9.17) is 18.9 Å². The maximum Gasteiger partial charge on any atom is 0.303 e. The second kappa shape index (κ2) is 10.4. The molecule has 0 amide bonds. The molecular weight excluding hydrogens is 436 g/mol. The molecule has 0 saturated carbocycles. The molecule has 1 fully saturated rings. The highest BCUT2D eigenvalue weighted by atomic mass is 32.2. The van der Waals surface area contributed by atoms with Crippen LogP contribution in [0.25, 0.3) is 11.1 Å². The SMILES string of the molecule is CC(=O)O[C@@H]1[C@@H](OC(C)=O)[C@H](OC(C)=O)CS[C@H]1Oc1cncc(-c2cncc(C)c2)c1. The van der Waals surface area contributed by atoms with E-state index in [0.717, 1.165) is 16.7 Å². The summed E-state index contributed by atoms with van der Waals surface area (Å²) in [6, 6.07) is 3.78. The Morgan fingerprint density at radius 3 is 2.06 bits per heavy atom. The molecule has 1 saturated heterocycles. The van der Waals surface area contributed by atoms with E-state index in [1.807, 2.05) is 13.0 Å². The molecule has 0 N–H and O–H groups in total. The molecule has 2 aromatic heterocycles. The first-order valence-corrected chi connectivity index (χ1v) is 10.9. The van der Waals surface area contributed by atoms with Gasteiger partial charge in [0.2, 0.25) is 0 Å². The molecule has 0 bridgehead atoms. The highest BCUT2D eigenvalue weighted by Crippen LogP contribution is 2.35. The summed E-state index contributed by atoms with van der Waals surface area (Å²) in [5, 5.41) is 0. The fourth-order valence-electron chi connectivity index (χ4n) is 3.30. The molecular formula is C22H24N2O7S. The normalized spacial score (nSPS) is 22.5. The minimum atomic E-state index is -1.01. The van der Waals surface area contributed by atoms with Gasteiger partial charge >= 0.3 is 17.9 Å². The molecule has 3 rings (SSSR count). The Morgan fingerprint density at radius 2 is 1.44 bits per heavy atom. The van der Waals surface area contributed by atoms with E-state index in [1.165, 1.54) is 38.7 Å². The van der Waals surface area contributed by atoms with Gasteiger partial charge in [-0.2, -0.15) is 0 Å². The van der Waals surface area contributed by atoms with E-state index in [2.05, 4.69) is 9.97 Å². The van der Waals surface area contributed by atoms with Crippen molar-refractivity contribution in [2.24, 2.45) is 0 Å². The summed E-state index contributed by atoms with van der Waals surface area (Å²) in [6.07, 6.45) is 3.93. The zero-order valence-corrected chi connectivity index (χ0v) is 19.0. The van der Waals surface area contributed by atoms with Crippen LogP contribution in [-0.4, -0.2) is 57.4 Å². The first-order valence-electron chi connectivity index (χ1n) is 9.90. The van der Waals surface area contributed by atoms with Gasteiger partial charge in [0.1, 0.15) is 5.75 Å². The standard InChI is InChI=1S/C22H24N2O7S/c1-12-5-16(8-23-7-12)17-6-18(10-24-9-17)31-22-21(30-15(4)27)20(29-14(3)26)19(11-32-22)28-13(2)25/h5-10,19-22H,11H2,1-4H3/t19-,20+,21-,22-/m1/s1. The smallest absolute Gasteiger partial charge is 0.303 e. The maximum absolute atomic E-state index is 11.8. The number of carbonyl (C=O) groups excluding carboxylic acids is 3. The van der Waals surface area contributed by atoms with Gasteiger partial charge in [0.05, 0.1) is 6.20 Å². The number of aryl methyl sites for hydroxylation is 1. The van der Waals surface area contributed by atoms with Gasteiger partial charge in [-0.25, -0.2) is 0 Å². The van der Waals surface area contributed by atoms with Gasteiger partial charge in [-0.15, -0.1) is 11.8 Å². The lowest BCUT2D eigenvalue weighted by Crippen LogP contribution is -2.55.